The topological polar surface area (TPSA) is 126 Å². The van der Waals surface area contributed by atoms with Crippen LogP contribution in [-0.4, -0.2) is 47.2 Å². The van der Waals surface area contributed by atoms with Crippen molar-refractivity contribution < 1.29 is 28.8 Å². The zero-order valence-electron chi connectivity index (χ0n) is 23.8. The van der Waals surface area contributed by atoms with Crippen molar-refractivity contribution in [3.8, 4) is 0 Å². The second-order valence-electron chi connectivity index (χ2n) is 11.8. The number of amides is 5. The lowest BCUT2D eigenvalue weighted by molar-refractivity contribution is -0.203. The van der Waals surface area contributed by atoms with Crippen LogP contribution in [0.1, 0.15) is 90.0 Å². The minimum absolute atomic E-state index is 0.0931. The van der Waals surface area contributed by atoms with Gasteiger partial charge in [-0.25, -0.2) is 15.1 Å². The van der Waals surface area contributed by atoms with Crippen LogP contribution in [0.2, 0.25) is 0 Å². The first-order valence-electron chi connectivity index (χ1n) is 14.9. The van der Waals surface area contributed by atoms with Crippen LogP contribution >= 0.6 is 0 Å². The van der Waals surface area contributed by atoms with Crippen LogP contribution in [0.25, 0.3) is 0 Å². The maximum atomic E-state index is 13.8. The number of hydrogen-bond acceptors (Lipinski definition) is 6. The number of carbonyl (C=O) groups is 4. The number of ether oxygens (including phenoxy) is 1. The van der Waals surface area contributed by atoms with Crippen molar-refractivity contribution in [1.82, 2.24) is 21.2 Å². The molecule has 5 amide bonds. The van der Waals surface area contributed by atoms with Crippen LogP contribution < -0.4 is 16.2 Å². The molecule has 2 saturated heterocycles. The number of benzene rings is 1. The Morgan fingerprint density at radius 1 is 1.05 bits per heavy atom. The summed E-state index contributed by atoms with van der Waals surface area (Å²) in [6.07, 6.45) is 8.17. The summed E-state index contributed by atoms with van der Waals surface area (Å²) in [7, 11) is 0. The van der Waals surface area contributed by atoms with E-state index in [2.05, 4.69) is 16.2 Å². The monoisotopic (exact) mass is 556 g/mol. The smallest absolute Gasteiger partial charge is 0.344 e. The van der Waals surface area contributed by atoms with E-state index in [1.165, 1.54) is 0 Å². The molecule has 4 rings (SSSR count). The Kier molecular flexibility index (Phi) is 10.6. The number of hydrazine groups is 1. The first-order chi connectivity index (χ1) is 19.3. The minimum Gasteiger partial charge on any atom is -0.350 e. The summed E-state index contributed by atoms with van der Waals surface area (Å²) in [6.45, 7) is 4.54. The van der Waals surface area contributed by atoms with Gasteiger partial charge in [0.1, 0.15) is 5.54 Å². The van der Waals surface area contributed by atoms with Gasteiger partial charge in [0, 0.05) is 13.0 Å². The van der Waals surface area contributed by atoms with Gasteiger partial charge in [-0.2, -0.15) is 5.01 Å². The molecule has 1 aromatic carbocycles. The van der Waals surface area contributed by atoms with Gasteiger partial charge >= 0.3 is 6.03 Å². The van der Waals surface area contributed by atoms with E-state index >= 15 is 0 Å². The molecule has 3 N–H and O–H groups in total. The molecule has 1 saturated carbocycles. The lowest BCUT2D eigenvalue weighted by Crippen LogP contribution is -2.53. The molecule has 0 bridgehead atoms. The standard InChI is InChI=1S/C30H44N4O6/c1-21(2)20-24(26(35)32-34-28(37)30(31-29(34)38)17-8-4-9-18-30)23(15-11-14-22-12-5-3-6-13-22)27(36)33-40-25-16-7-10-19-39-25/h3,5-6,12-13,21,23-25H,4,7-11,14-20H2,1-2H3,(H,31,38)(H,32,35)(H,33,36)/t23-,24+,25?/m0/s1. The Labute approximate surface area is 236 Å². The van der Waals surface area contributed by atoms with Gasteiger partial charge in [0.15, 0.2) is 6.29 Å². The molecule has 2 heterocycles. The Morgan fingerprint density at radius 3 is 2.48 bits per heavy atom. The van der Waals surface area contributed by atoms with E-state index in [-0.39, 0.29) is 5.92 Å². The highest BCUT2D eigenvalue weighted by molar-refractivity contribution is 6.08. The number of hydroxylamine groups is 1. The van der Waals surface area contributed by atoms with Gasteiger partial charge in [-0.15, -0.1) is 0 Å². The summed E-state index contributed by atoms with van der Waals surface area (Å²) in [5.41, 5.74) is 5.36. The number of nitrogens with one attached hydrogen (secondary N) is 3. The lowest BCUT2D eigenvalue weighted by atomic mass is 9.81. The first kappa shape index (κ1) is 30.0. The molecule has 1 spiro atoms. The van der Waals surface area contributed by atoms with Crippen molar-refractivity contribution in [3.63, 3.8) is 0 Å². The SMILES string of the molecule is CC(C)C[C@@H](C(=O)NN1C(=O)NC2(CCCCC2)C1=O)[C@H](CCCc1ccccc1)C(=O)NOC1CCCCO1. The Morgan fingerprint density at radius 2 is 1.80 bits per heavy atom. The third-order valence-corrected chi connectivity index (χ3v) is 8.23. The molecular formula is C30H44N4O6. The third-order valence-electron chi connectivity index (χ3n) is 8.23. The van der Waals surface area contributed by atoms with Gasteiger partial charge in [0.2, 0.25) is 11.8 Å². The molecule has 1 aromatic rings. The second-order valence-corrected chi connectivity index (χ2v) is 11.8. The average molecular weight is 557 g/mol. The second kappa shape index (κ2) is 14.1. The summed E-state index contributed by atoms with van der Waals surface area (Å²) in [5, 5.41) is 3.65. The molecule has 2 aliphatic heterocycles. The Balaban J connectivity index is 1.48. The summed E-state index contributed by atoms with van der Waals surface area (Å²) in [6, 6.07) is 9.37. The average Bonchev–Trinajstić information content (AvgIpc) is 3.17. The molecule has 3 aliphatic rings. The summed E-state index contributed by atoms with van der Waals surface area (Å²) in [5.74, 6) is -2.73. The predicted molar refractivity (Wildman–Crippen MR) is 148 cm³/mol. The fourth-order valence-corrected chi connectivity index (χ4v) is 6.06. The van der Waals surface area contributed by atoms with E-state index in [1.54, 1.807) is 0 Å². The van der Waals surface area contributed by atoms with E-state index < -0.39 is 47.4 Å². The number of carbonyl (C=O) groups excluding carboxylic acids is 4. The van der Waals surface area contributed by atoms with Gasteiger partial charge < -0.3 is 10.1 Å². The molecule has 40 heavy (non-hydrogen) atoms. The van der Waals surface area contributed by atoms with Gasteiger partial charge in [0.05, 0.1) is 11.8 Å². The van der Waals surface area contributed by atoms with Crippen LogP contribution in [0.4, 0.5) is 4.79 Å². The fraction of sp³-hybridized carbons (Fsp3) is 0.667. The summed E-state index contributed by atoms with van der Waals surface area (Å²) < 4.78 is 5.58. The number of urea groups is 1. The maximum absolute atomic E-state index is 13.8. The number of aryl methyl sites for hydroxylation is 1. The third kappa shape index (κ3) is 7.60. The number of rotatable bonds is 12. The molecule has 0 radical (unpaired) electrons. The van der Waals surface area contributed by atoms with Crippen molar-refractivity contribution in [2.24, 2.45) is 17.8 Å². The van der Waals surface area contributed by atoms with E-state index in [1.807, 2.05) is 44.2 Å². The number of nitrogens with zero attached hydrogens (tertiary/aromatic N) is 1. The van der Waals surface area contributed by atoms with Crippen molar-refractivity contribution >= 4 is 23.8 Å². The Bertz CT molecular complexity index is 1020. The zero-order valence-corrected chi connectivity index (χ0v) is 23.8. The summed E-state index contributed by atoms with van der Waals surface area (Å²) in [4.78, 5) is 59.0. The van der Waals surface area contributed by atoms with Crippen molar-refractivity contribution in [2.75, 3.05) is 6.61 Å². The normalized spacial score (nSPS) is 22.2. The van der Waals surface area contributed by atoms with E-state index in [0.29, 0.717) is 45.1 Å². The highest BCUT2D eigenvalue weighted by Crippen LogP contribution is 2.34. The van der Waals surface area contributed by atoms with Crippen LogP contribution in [0.3, 0.4) is 0 Å². The Hall–Kier alpha value is -2.98. The molecule has 220 valence electrons. The van der Waals surface area contributed by atoms with Gasteiger partial charge in [-0.3, -0.25) is 19.8 Å². The highest BCUT2D eigenvalue weighted by atomic mass is 16.8. The van der Waals surface area contributed by atoms with Gasteiger partial charge in [-0.1, -0.05) is 63.4 Å². The number of imide groups is 1. The first-order valence-corrected chi connectivity index (χ1v) is 14.9. The van der Waals surface area contributed by atoms with Crippen molar-refractivity contribution in [2.45, 2.75) is 103 Å². The van der Waals surface area contributed by atoms with Gasteiger partial charge in [0.25, 0.3) is 5.91 Å². The van der Waals surface area contributed by atoms with E-state index in [9.17, 15) is 19.2 Å². The lowest BCUT2D eigenvalue weighted by Gasteiger charge is -2.31. The van der Waals surface area contributed by atoms with Crippen LogP contribution in [-0.2, 0) is 30.4 Å². The molecular weight excluding hydrogens is 512 g/mol. The maximum Gasteiger partial charge on any atom is 0.344 e. The zero-order chi connectivity index (χ0) is 28.5. The molecule has 3 fully saturated rings. The largest absolute Gasteiger partial charge is 0.350 e. The van der Waals surface area contributed by atoms with Gasteiger partial charge in [-0.05, 0) is 62.8 Å². The van der Waals surface area contributed by atoms with Crippen LogP contribution in [0.5, 0.6) is 0 Å². The molecule has 1 unspecified atom stereocenters. The van der Waals surface area contributed by atoms with Crippen LogP contribution in [0, 0.1) is 17.8 Å². The minimum atomic E-state index is -0.948. The molecule has 3 atom stereocenters. The quantitative estimate of drug-likeness (QED) is 0.262. The highest BCUT2D eigenvalue weighted by Gasteiger charge is 2.52. The predicted octanol–water partition coefficient (Wildman–Crippen LogP) is 4.15. The van der Waals surface area contributed by atoms with Crippen LogP contribution in [0.15, 0.2) is 30.3 Å². The molecule has 10 nitrogen and oxygen atoms in total. The molecule has 0 aromatic heterocycles. The van der Waals surface area contributed by atoms with E-state index in [4.69, 9.17) is 9.57 Å². The fourth-order valence-electron chi connectivity index (χ4n) is 6.06. The number of hydrogen-bond donors (Lipinski definition) is 3. The van der Waals surface area contributed by atoms with Crippen molar-refractivity contribution in [3.05, 3.63) is 35.9 Å². The summed E-state index contributed by atoms with van der Waals surface area (Å²) >= 11 is 0. The molecule has 1 aliphatic carbocycles. The van der Waals surface area contributed by atoms with Crippen molar-refractivity contribution in [1.29, 1.82) is 0 Å². The molecule has 10 heteroatoms. The van der Waals surface area contributed by atoms with E-state index in [0.717, 1.165) is 49.1 Å².